The zero-order valence-electron chi connectivity index (χ0n) is 17.5. The summed E-state index contributed by atoms with van der Waals surface area (Å²) in [5.74, 6) is 0.341. The number of rotatable bonds is 7. The van der Waals surface area contributed by atoms with Gasteiger partial charge in [0.1, 0.15) is 23.5 Å². The van der Waals surface area contributed by atoms with Gasteiger partial charge in [0.05, 0.1) is 11.2 Å². The third-order valence-corrected chi connectivity index (χ3v) is 5.44. The van der Waals surface area contributed by atoms with Gasteiger partial charge in [-0.1, -0.05) is 6.07 Å². The summed E-state index contributed by atoms with van der Waals surface area (Å²) in [6.07, 6.45) is 2.30. The molecule has 1 aliphatic heterocycles. The maximum Gasteiger partial charge on any atom is 0.251 e. The topological polar surface area (TPSA) is 114 Å². The highest BCUT2D eigenvalue weighted by Crippen LogP contribution is 2.30. The number of nitrogens with two attached hydrogens (primary N) is 1. The van der Waals surface area contributed by atoms with Crippen molar-refractivity contribution in [2.75, 3.05) is 37.7 Å². The predicted molar refractivity (Wildman–Crippen MR) is 119 cm³/mol. The number of carbonyl (C=O) groups is 1. The molecule has 1 fully saturated rings. The minimum absolute atomic E-state index is 0.158. The van der Waals surface area contributed by atoms with Crippen molar-refractivity contribution in [1.29, 1.82) is 0 Å². The monoisotopic (exact) mass is 421 g/mol. The normalized spacial score (nSPS) is 18.4. The molecule has 1 atom stereocenters. The molecule has 1 aromatic carbocycles. The Bertz CT molecular complexity index is 1090. The van der Waals surface area contributed by atoms with Gasteiger partial charge in [0, 0.05) is 43.6 Å². The number of aromatic nitrogens is 2. The molecule has 0 radical (unpaired) electrons. The molecule has 8 nitrogen and oxygen atoms in total. The standard InChI is InChI=1S/C23H27N5O3/c1-16-5-6-19-21(27-16)20(7-10-25-19)28-11-8-23(30,15-28)14-26-22(29)17-3-2-4-18(13-17)31-12-9-24/h2-7,10,13,30H,8-9,11-12,14-15,24H2,1H3,(H,26,29)/t23-/m0/s1. The number of β-amino-alcohol motifs (C(OH)–C–C–N with tert-alkyl or cyclic N) is 1. The van der Waals surface area contributed by atoms with E-state index in [0.717, 1.165) is 22.4 Å². The zero-order valence-corrected chi connectivity index (χ0v) is 17.5. The third-order valence-electron chi connectivity index (χ3n) is 5.44. The van der Waals surface area contributed by atoms with Crippen molar-refractivity contribution in [3.8, 4) is 5.75 Å². The number of carbonyl (C=O) groups excluding carboxylic acids is 1. The lowest BCUT2D eigenvalue weighted by molar-refractivity contribution is 0.0576. The summed E-state index contributed by atoms with van der Waals surface area (Å²) in [5.41, 5.74) is 8.42. The van der Waals surface area contributed by atoms with E-state index in [1.807, 2.05) is 25.1 Å². The van der Waals surface area contributed by atoms with Crippen LogP contribution in [0.1, 0.15) is 22.5 Å². The molecule has 0 spiro atoms. The second-order valence-electron chi connectivity index (χ2n) is 7.89. The quantitative estimate of drug-likeness (QED) is 0.531. The minimum atomic E-state index is -1.03. The molecule has 4 N–H and O–H groups in total. The van der Waals surface area contributed by atoms with Gasteiger partial charge in [0.25, 0.3) is 5.91 Å². The van der Waals surface area contributed by atoms with Gasteiger partial charge in [0.15, 0.2) is 0 Å². The van der Waals surface area contributed by atoms with Crippen LogP contribution in [-0.2, 0) is 0 Å². The van der Waals surface area contributed by atoms with Crippen molar-refractivity contribution < 1.29 is 14.6 Å². The maximum absolute atomic E-state index is 12.6. The van der Waals surface area contributed by atoms with Crippen LogP contribution in [0.3, 0.4) is 0 Å². The van der Waals surface area contributed by atoms with E-state index in [2.05, 4.69) is 20.2 Å². The molecular weight excluding hydrogens is 394 g/mol. The lowest BCUT2D eigenvalue weighted by atomic mass is 10.0. The second kappa shape index (κ2) is 8.87. The molecule has 1 aliphatic rings. The van der Waals surface area contributed by atoms with Crippen LogP contribution < -0.4 is 20.7 Å². The van der Waals surface area contributed by atoms with Crippen molar-refractivity contribution in [1.82, 2.24) is 15.3 Å². The van der Waals surface area contributed by atoms with Gasteiger partial charge >= 0.3 is 0 Å². The molecule has 162 valence electrons. The number of hydrogen-bond donors (Lipinski definition) is 3. The largest absolute Gasteiger partial charge is 0.492 e. The molecule has 1 amide bonds. The number of aliphatic hydroxyl groups is 1. The Morgan fingerprint density at radius 3 is 3.03 bits per heavy atom. The Morgan fingerprint density at radius 1 is 1.32 bits per heavy atom. The van der Waals surface area contributed by atoms with E-state index in [1.54, 1.807) is 30.5 Å². The summed E-state index contributed by atoms with van der Waals surface area (Å²) in [5, 5.41) is 13.9. The summed E-state index contributed by atoms with van der Waals surface area (Å²) in [7, 11) is 0. The highest BCUT2D eigenvalue weighted by atomic mass is 16.5. The number of anilines is 1. The van der Waals surface area contributed by atoms with Crippen LogP contribution in [0.2, 0.25) is 0 Å². The first-order valence-electron chi connectivity index (χ1n) is 10.4. The van der Waals surface area contributed by atoms with E-state index in [0.29, 0.717) is 44.0 Å². The molecule has 2 aromatic heterocycles. The van der Waals surface area contributed by atoms with Crippen molar-refractivity contribution in [3.05, 3.63) is 59.9 Å². The van der Waals surface area contributed by atoms with Crippen LogP contribution in [0.4, 0.5) is 5.69 Å². The van der Waals surface area contributed by atoms with Crippen LogP contribution in [0.5, 0.6) is 5.75 Å². The Balaban J connectivity index is 1.42. The number of pyridine rings is 2. The minimum Gasteiger partial charge on any atom is -0.492 e. The fourth-order valence-corrected chi connectivity index (χ4v) is 3.82. The molecule has 0 saturated carbocycles. The third kappa shape index (κ3) is 4.76. The summed E-state index contributed by atoms with van der Waals surface area (Å²) in [4.78, 5) is 23.7. The number of amides is 1. The Labute approximate surface area is 181 Å². The van der Waals surface area contributed by atoms with Crippen molar-refractivity contribution in [2.24, 2.45) is 5.73 Å². The van der Waals surface area contributed by atoms with Gasteiger partial charge in [-0.05, 0) is 49.7 Å². The first-order chi connectivity index (χ1) is 15.0. The average Bonchev–Trinajstić information content (AvgIpc) is 3.18. The lowest BCUT2D eigenvalue weighted by Crippen LogP contribution is -2.45. The molecule has 8 heteroatoms. The van der Waals surface area contributed by atoms with Crippen LogP contribution in [0.25, 0.3) is 11.0 Å². The summed E-state index contributed by atoms with van der Waals surface area (Å²) in [6.45, 7) is 3.97. The Morgan fingerprint density at radius 2 is 2.19 bits per heavy atom. The number of nitrogens with one attached hydrogen (secondary N) is 1. The molecule has 3 heterocycles. The highest BCUT2D eigenvalue weighted by Gasteiger charge is 2.37. The number of ether oxygens (including phenoxy) is 1. The fourth-order valence-electron chi connectivity index (χ4n) is 3.82. The number of fused-ring (bicyclic) bond motifs is 1. The molecule has 1 saturated heterocycles. The van der Waals surface area contributed by atoms with Crippen LogP contribution in [0.15, 0.2) is 48.7 Å². The summed E-state index contributed by atoms with van der Waals surface area (Å²) in [6, 6.07) is 12.7. The van der Waals surface area contributed by atoms with E-state index in [1.165, 1.54) is 0 Å². The first-order valence-corrected chi connectivity index (χ1v) is 10.4. The molecular formula is C23H27N5O3. The van der Waals surface area contributed by atoms with Crippen molar-refractivity contribution >= 4 is 22.6 Å². The van der Waals surface area contributed by atoms with Gasteiger partial charge < -0.3 is 25.8 Å². The smallest absolute Gasteiger partial charge is 0.251 e. The van der Waals surface area contributed by atoms with Crippen LogP contribution in [-0.4, -0.2) is 59.4 Å². The van der Waals surface area contributed by atoms with Gasteiger partial charge in [-0.15, -0.1) is 0 Å². The van der Waals surface area contributed by atoms with Gasteiger partial charge in [-0.2, -0.15) is 0 Å². The van der Waals surface area contributed by atoms with E-state index < -0.39 is 5.60 Å². The Hall–Kier alpha value is -3.23. The zero-order chi connectivity index (χ0) is 21.8. The first kappa shape index (κ1) is 21.0. The second-order valence-corrected chi connectivity index (χ2v) is 7.89. The molecule has 0 bridgehead atoms. The van der Waals surface area contributed by atoms with E-state index in [-0.39, 0.29) is 12.5 Å². The molecule has 4 rings (SSSR count). The molecule has 0 unspecified atom stereocenters. The van der Waals surface area contributed by atoms with Crippen molar-refractivity contribution in [2.45, 2.75) is 18.9 Å². The number of benzene rings is 1. The summed E-state index contributed by atoms with van der Waals surface area (Å²) >= 11 is 0. The number of nitrogens with zero attached hydrogens (tertiary/aromatic N) is 3. The number of hydrogen-bond acceptors (Lipinski definition) is 7. The predicted octanol–water partition coefficient (Wildman–Crippen LogP) is 1.65. The van der Waals surface area contributed by atoms with Gasteiger partial charge in [0.2, 0.25) is 0 Å². The van der Waals surface area contributed by atoms with Gasteiger partial charge in [-0.3, -0.25) is 9.78 Å². The van der Waals surface area contributed by atoms with E-state index in [9.17, 15) is 9.90 Å². The maximum atomic E-state index is 12.6. The van der Waals surface area contributed by atoms with Gasteiger partial charge in [-0.25, -0.2) is 4.98 Å². The lowest BCUT2D eigenvalue weighted by Gasteiger charge is -2.25. The SMILES string of the molecule is Cc1ccc2nccc(N3CC[C@](O)(CNC(=O)c4cccc(OCCN)c4)C3)c2n1. The molecule has 3 aromatic rings. The average molecular weight is 422 g/mol. The molecule has 0 aliphatic carbocycles. The Kier molecular flexibility index (Phi) is 6.01. The molecule has 31 heavy (non-hydrogen) atoms. The van der Waals surface area contributed by atoms with Crippen LogP contribution >= 0.6 is 0 Å². The highest BCUT2D eigenvalue weighted by molar-refractivity contribution is 5.94. The van der Waals surface area contributed by atoms with Crippen LogP contribution in [0, 0.1) is 6.92 Å². The van der Waals surface area contributed by atoms with E-state index >= 15 is 0 Å². The van der Waals surface area contributed by atoms with E-state index in [4.69, 9.17) is 10.5 Å². The summed E-state index contributed by atoms with van der Waals surface area (Å²) < 4.78 is 5.48. The fraction of sp³-hybridized carbons (Fsp3) is 0.348. The van der Waals surface area contributed by atoms with Crippen molar-refractivity contribution in [3.63, 3.8) is 0 Å². The number of aryl methyl sites for hydroxylation is 1.